The van der Waals surface area contributed by atoms with E-state index < -0.39 is 26.4 Å². The largest absolute Gasteiger partial charge is 0.342 e. The number of carbonyl (C=O) groups excluding carboxylic acids is 1. The van der Waals surface area contributed by atoms with Crippen molar-refractivity contribution in [1.82, 2.24) is 4.90 Å². The maximum Gasteiger partial charge on any atom is 0.271 e. The molecule has 0 fully saturated rings. The number of sulfone groups is 1. The van der Waals surface area contributed by atoms with Crippen molar-refractivity contribution in [2.24, 2.45) is 0 Å². The third kappa shape index (κ3) is 5.13. The van der Waals surface area contributed by atoms with Crippen LogP contribution in [0.5, 0.6) is 0 Å². The average Bonchev–Trinajstić information content (AvgIpc) is 2.60. The molecule has 0 atom stereocenters. The summed E-state index contributed by atoms with van der Waals surface area (Å²) in [6, 6.07) is 13.1. The van der Waals surface area contributed by atoms with E-state index in [4.69, 9.17) is 0 Å². The van der Waals surface area contributed by atoms with Crippen molar-refractivity contribution in [3.63, 3.8) is 0 Å². The van der Waals surface area contributed by atoms with E-state index in [1.54, 1.807) is 7.05 Å². The van der Waals surface area contributed by atoms with Crippen molar-refractivity contribution in [2.45, 2.75) is 17.7 Å². The lowest BCUT2D eigenvalue weighted by Crippen LogP contribution is -2.28. The lowest BCUT2D eigenvalue weighted by atomic mass is 10.1. The van der Waals surface area contributed by atoms with E-state index in [0.717, 1.165) is 36.8 Å². The maximum absolute atomic E-state index is 12.5. The predicted molar refractivity (Wildman–Crippen MR) is 97.9 cm³/mol. The molecule has 0 aliphatic carbocycles. The summed E-state index contributed by atoms with van der Waals surface area (Å²) in [4.78, 5) is 24.1. The van der Waals surface area contributed by atoms with Crippen molar-refractivity contribution in [3.05, 3.63) is 69.8 Å². The maximum atomic E-state index is 12.5. The van der Waals surface area contributed by atoms with E-state index >= 15 is 0 Å². The molecule has 2 aromatic rings. The number of nitrogens with zero attached hydrogens (tertiary/aromatic N) is 2. The van der Waals surface area contributed by atoms with Crippen LogP contribution >= 0.6 is 0 Å². The van der Waals surface area contributed by atoms with Crippen molar-refractivity contribution in [1.29, 1.82) is 0 Å². The standard InChI is InChI=1S/C18H20N2O5S/c1-19(10-6-9-14-7-4-3-5-8-14)18(21)15-11-16(20(22)23)13-17(12-15)26(2,24)25/h3-5,7-8,11-13H,6,9-10H2,1-2H3. The van der Waals surface area contributed by atoms with Gasteiger partial charge >= 0.3 is 0 Å². The second-order valence-electron chi connectivity index (χ2n) is 6.06. The number of hydrogen-bond acceptors (Lipinski definition) is 5. The highest BCUT2D eigenvalue weighted by molar-refractivity contribution is 7.90. The zero-order valence-electron chi connectivity index (χ0n) is 14.6. The molecule has 0 heterocycles. The molecule has 0 aliphatic rings. The monoisotopic (exact) mass is 376 g/mol. The Balaban J connectivity index is 2.14. The number of rotatable bonds is 7. The van der Waals surface area contributed by atoms with Gasteiger partial charge in [-0.3, -0.25) is 14.9 Å². The Morgan fingerprint density at radius 1 is 1.15 bits per heavy atom. The van der Waals surface area contributed by atoms with Crippen LogP contribution in [0.25, 0.3) is 0 Å². The minimum absolute atomic E-state index is 0.0122. The van der Waals surface area contributed by atoms with E-state index in [-0.39, 0.29) is 10.5 Å². The van der Waals surface area contributed by atoms with Crippen molar-refractivity contribution in [2.75, 3.05) is 19.8 Å². The first kappa shape index (κ1) is 19.6. The van der Waals surface area contributed by atoms with Gasteiger partial charge in [-0.15, -0.1) is 0 Å². The molecule has 138 valence electrons. The Labute approximate surface area is 152 Å². The lowest BCUT2D eigenvalue weighted by Gasteiger charge is -2.17. The molecule has 0 bridgehead atoms. The van der Waals surface area contributed by atoms with Crippen LogP contribution in [-0.4, -0.2) is 44.0 Å². The molecule has 1 amide bonds. The van der Waals surface area contributed by atoms with Crippen LogP contribution < -0.4 is 0 Å². The third-order valence-electron chi connectivity index (χ3n) is 3.93. The van der Waals surface area contributed by atoms with Gasteiger partial charge < -0.3 is 4.90 Å². The Morgan fingerprint density at radius 2 is 1.81 bits per heavy atom. The summed E-state index contributed by atoms with van der Waals surface area (Å²) >= 11 is 0. The zero-order chi connectivity index (χ0) is 19.3. The van der Waals surface area contributed by atoms with Crippen molar-refractivity contribution >= 4 is 21.4 Å². The fraction of sp³-hybridized carbons (Fsp3) is 0.278. The summed E-state index contributed by atoms with van der Waals surface area (Å²) < 4.78 is 23.5. The van der Waals surface area contributed by atoms with Crippen LogP contribution in [0.2, 0.25) is 0 Å². The molecule has 0 radical (unpaired) electrons. The topological polar surface area (TPSA) is 97.6 Å². The summed E-state index contributed by atoms with van der Waals surface area (Å²) in [5.74, 6) is -0.452. The number of hydrogen-bond donors (Lipinski definition) is 0. The van der Waals surface area contributed by atoms with Gasteiger partial charge in [0.05, 0.1) is 9.82 Å². The number of nitro benzene ring substituents is 1. The quantitative estimate of drug-likeness (QED) is 0.547. The van der Waals surface area contributed by atoms with Gasteiger partial charge in [0.2, 0.25) is 0 Å². The van der Waals surface area contributed by atoms with Gasteiger partial charge in [-0.2, -0.15) is 0 Å². The van der Waals surface area contributed by atoms with E-state index in [9.17, 15) is 23.3 Å². The summed E-state index contributed by atoms with van der Waals surface area (Å²) in [6.07, 6.45) is 2.46. The molecule has 2 aromatic carbocycles. The van der Waals surface area contributed by atoms with Crippen LogP contribution in [0.4, 0.5) is 5.69 Å². The van der Waals surface area contributed by atoms with E-state index in [1.165, 1.54) is 11.0 Å². The van der Waals surface area contributed by atoms with Gasteiger partial charge in [-0.05, 0) is 24.5 Å². The molecule has 0 aromatic heterocycles. The van der Waals surface area contributed by atoms with Gasteiger partial charge in [0.1, 0.15) is 0 Å². The first-order chi connectivity index (χ1) is 12.2. The zero-order valence-corrected chi connectivity index (χ0v) is 15.4. The van der Waals surface area contributed by atoms with Gasteiger partial charge in [-0.1, -0.05) is 30.3 Å². The van der Waals surface area contributed by atoms with Crippen molar-refractivity contribution < 1.29 is 18.1 Å². The Morgan fingerprint density at radius 3 is 2.38 bits per heavy atom. The molecular formula is C18H20N2O5S. The fourth-order valence-corrected chi connectivity index (χ4v) is 3.19. The Bertz CT molecular complexity index is 910. The highest BCUT2D eigenvalue weighted by Gasteiger charge is 2.20. The minimum Gasteiger partial charge on any atom is -0.342 e. The normalized spacial score (nSPS) is 11.2. The van der Waals surface area contributed by atoms with Crippen LogP contribution in [0.15, 0.2) is 53.4 Å². The first-order valence-corrected chi connectivity index (χ1v) is 9.86. The Hall–Kier alpha value is -2.74. The van der Waals surface area contributed by atoms with E-state index in [2.05, 4.69) is 0 Å². The second kappa shape index (κ2) is 8.09. The first-order valence-electron chi connectivity index (χ1n) is 7.97. The molecule has 0 spiro atoms. The molecule has 7 nitrogen and oxygen atoms in total. The number of aryl methyl sites for hydroxylation is 1. The summed E-state index contributed by atoms with van der Waals surface area (Å²) in [5, 5.41) is 11.0. The van der Waals surface area contributed by atoms with Gasteiger partial charge in [0.25, 0.3) is 11.6 Å². The lowest BCUT2D eigenvalue weighted by molar-refractivity contribution is -0.385. The molecule has 2 rings (SSSR count). The van der Waals surface area contributed by atoms with E-state index in [1.807, 2.05) is 30.3 Å². The minimum atomic E-state index is -3.67. The van der Waals surface area contributed by atoms with Crippen LogP contribution in [0, 0.1) is 10.1 Å². The van der Waals surface area contributed by atoms with Crippen molar-refractivity contribution in [3.8, 4) is 0 Å². The van der Waals surface area contributed by atoms with E-state index in [0.29, 0.717) is 6.54 Å². The third-order valence-corrected chi connectivity index (χ3v) is 5.02. The highest BCUT2D eigenvalue weighted by Crippen LogP contribution is 2.22. The summed E-state index contributed by atoms with van der Waals surface area (Å²) in [6.45, 7) is 0.449. The highest BCUT2D eigenvalue weighted by atomic mass is 32.2. The number of benzene rings is 2. The number of nitro groups is 1. The van der Waals surface area contributed by atoms with Gasteiger partial charge in [0, 0.05) is 37.5 Å². The van der Waals surface area contributed by atoms with Crippen LogP contribution in [0.1, 0.15) is 22.3 Å². The molecule has 0 N–H and O–H groups in total. The smallest absolute Gasteiger partial charge is 0.271 e. The average molecular weight is 376 g/mol. The second-order valence-corrected chi connectivity index (χ2v) is 8.08. The van der Waals surface area contributed by atoms with Gasteiger partial charge in [0.15, 0.2) is 9.84 Å². The number of amides is 1. The summed E-state index contributed by atoms with van der Waals surface area (Å²) in [7, 11) is -2.08. The van der Waals surface area contributed by atoms with Crippen LogP contribution in [0.3, 0.4) is 0 Å². The molecule has 0 saturated heterocycles. The predicted octanol–water partition coefficient (Wildman–Crippen LogP) is 2.70. The fourth-order valence-electron chi connectivity index (χ4n) is 2.51. The van der Waals surface area contributed by atoms with Gasteiger partial charge in [-0.25, -0.2) is 8.42 Å². The Kier molecular flexibility index (Phi) is 6.10. The number of carbonyl (C=O) groups is 1. The molecule has 0 aliphatic heterocycles. The number of non-ortho nitro benzene ring substituents is 1. The molecule has 8 heteroatoms. The SMILES string of the molecule is CN(CCCc1ccccc1)C(=O)c1cc([N+](=O)[O-])cc(S(C)(=O)=O)c1. The molecule has 26 heavy (non-hydrogen) atoms. The summed E-state index contributed by atoms with van der Waals surface area (Å²) in [5.41, 5.74) is 0.721. The molecule has 0 saturated carbocycles. The molecular weight excluding hydrogens is 356 g/mol. The molecule has 0 unspecified atom stereocenters. The van der Waals surface area contributed by atoms with Crippen LogP contribution in [-0.2, 0) is 16.3 Å².